The van der Waals surface area contributed by atoms with Crippen LogP contribution in [0.1, 0.15) is 62.3 Å². The summed E-state index contributed by atoms with van der Waals surface area (Å²) in [5.74, 6) is 0.336. The molecular weight excluding hydrogens is 592 g/mol. The third-order valence-corrected chi connectivity index (χ3v) is 8.72. The molecule has 3 fully saturated rings. The van der Waals surface area contributed by atoms with Crippen LogP contribution >= 0.6 is 0 Å². The lowest BCUT2D eigenvalue weighted by molar-refractivity contribution is -0.133. The summed E-state index contributed by atoms with van der Waals surface area (Å²) in [5.41, 5.74) is 0. The van der Waals surface area contributed by atoms with E-state index in [0.717, 1.165) is 50.8 Å². The van der Waals surface area contributed by atoms with Gasteiger partial charge in [0.15, 0.2) is 0 Å². The average molecular weight is 657 g/mol. The number of carbonyl (C=O) groups is 2. The molecule has 0 aliphatic carbocycles. The van der Waals surface area contributed by atoms with Gasteiger partial charge in [-0.3, -0.25) is 19.5 Å². The van der Waals surface area contributed by atoms with E-state index in [1.165, 1.54) is 37.5 Å². The number of sulfonamides is 1. The Bertz CT molecular complexity index is 1010. The molecule has 3 rings (SSSR count). The lowest BCUT2D eigenvalue weighted by atomic mass is 10.1. The Morgan fingerprint density at radius 2 is 0.953 bits per heavy atom. The van der Waals surface area contributed by atoms with Crippen LogP contribution in [0.25, 0.3) is 0 Å². The molecule has 0 aromatic rings. The molecule has 3 aliphatic heterocycles. The minimum Gasteiger partial charge on any atom is -0.340 e. The van der Waals surface area contributed by atoms with Crippen LogP contribution in [-0.2, 0) is 29.4 Å². The van der Waals surface area contributed by atoms with Gasteiger partial charge in [0.25, 0.3) is 0 Å². The fraction of sp³-hybridized carbons (Fsp3) is 0.931. The van der Waals surface area contributed by atoms with Gasteiger partial charge in [-0.25, -0.2) is 16.8 Å². The van der Waals surface area contributed by atoms with Crippen molar-refractivity contribution >= 4 is 31.6 Å². The average Bonchev–Trinajstić information content (AvgIpc) is 2.68. The maximum absolute atomic E-state index is 11.1. The molecular formula is C29H64N6O6S2. The maximum Gasteiger partial charge on any atom is 0.219 e. The number of sulfone groups is 1. The number of Topliss-reactive ketones (excluding diaryl/α,β-unsaturated/α-hetero) is 1. The van der Waals surface area contributed by atoms with Gasteiger partial charge < -0.3 is 15.0 Å². The van der Waals surface area contributed by atoms with E-state index in [9.17, 15) is 26.4 Å². The number of amides is 1. The second-order valence-electron chi connectivity index (χ2n) is 12.9. The lowest BCUT2D eigenvalue weighted by Crippen LogP contribution is -2.61. The molecule has 0 spiro atoms. The van der Waals surface area contributed by atoms with Crippen molar-refractivity contribution in [1.29, 1.82) is 0 Å². The van der Waals surface area contributed by atoms with Gasteiger partial charge in [-0.2, -0.15) is 4.31 Å². The van der Waals surface area contributed by atoms with Crippen LogP contribution in [0.2, 0.25) is 0 Å². The summed E-state index contributed by atoms with van der Waals surface area (Å²) in [6.45, 7) is 24.0. The maximum atomic E-state index is 11.1. The molecule has 3 aliphatic rings. The van der Waals surface area contributed by atoms with E-state index in [-0.39, 0.29) is 17.7 Å². The highest BCUT2D eigenvalue weighted by molar-refractivity contribution is 7.90. The molecule has 1 amide bonds. The predicted octanol–water partition coefficient (Wildman–Crippen LogP) is 1.08. The van der Waals surface area contributed by atoms with E-state index in [2.05, 4.69) is 61.6 Å². The highest BCUT2D eigenvalue weighted by Crippen LogP contribution is 2.18. The van der Waals surface area contributed by atoms with Crippen LogP contribution in [-0.4, -0.2) is 168 Å². The summed E-state index contributed by atoms with van der Waals surface area (Å²) < 4.78 is 43.0. The molecule has 0 radical (unpaired) electrons. The van der Waals surface area contributed by atoms with Crippen LogP contribution in [0.4, 0.5) is 0 Å². The Kier molecular flexibility index (Phi) is 20.5. The van der Waals surface area contributed by atoms with Crippen LogP contribution in [0, 0.1) is 0 Å². The van der Waals surface area contributed by atoms with Gasteiger partial charge >= 0.3 is 0 Å². The van der Waals surface area contributed by atoms with Crippen molar-refractivity contribution < 1.29 is 26.4 Å². The van der Waals surface area contributed by atoms with Crippen molar-refractivity contribution in [3.8, 4) is 0 Å². The number of nitrogens with one attached hydrogen (secondary N) is 1. The zero-order chi connectivity index (χ0) is 34.5. The largest absolute Gasteiger partial charge is 0.340 e. The Morgan fingerprint density at radius 3 is 1.19 bits per heavy atom. The summed E-state index contributed by atoms with van der Waals surface area (Å²) in [5, 5.41) is 3.24. The minimum absolute atomic E-state index is 0.167. The summed E-state index contributed by atoms with van der Waals surface area (Å²) in [7, 11) is -0.112. The fourth-order valence-electron chi connectivity index (χ4n) is 3.94. The van der Waals surface area contributed by atoms with Gasteiger partial charge in [0.05, 0.1) is 12.3 Å². The van der Waals surface area contributed by atoms with E-state index in [4.69, 9.17) is 0 Å². The van der Waals surface area contributed by atoms with Crippen molar-refractivity contribution in [2.24, 2.45) is 0 Å². The summed E-state index contributed by atoms with van der Waals surface area (Å²) >= 11 is 0. The first kappa shape index (κ1) is 44.0. The number of likely N-dealkylation sites (tertiary alicyclic amines) is 3. The zero-order valence-electron chi connectivity index (χ0n) is 29.7. The van der Waals surface area contributed by atoms with E-state index in [0.29, 0.717) is 18.1 Å². The number of hydrogen-bond acceptors (Lipinski definition) is 10. The molecule has 3 saturated heterocycles. The molecule has 12 nitrogen and oxygen atoms in total. The quantitative estimate of drug-likeness (QED) is 0.425. The summed E-state index contributed by atoms with van der Waals surface area (Å²) in [6, 6.07) is 3.25. The van der Waals surface area contributed by atoms with Gasteiger partial charge in [-0.1, -0.05) is 0 Å². The topological polar surface area (TPSA) is 131 Å². The van der Waals surface area contributed by atoms with Crippen LogP contribution < -0.4 is 5.32 Å². The number of likely N-dealkylation sites (N-methyl/N-ethyl adjacent to an activating group) is 3. The van der Waals surface area contributed by atoms with Crippen molar-refractivity contribution in [3.63, 3.8) is 0 Å². The SMILES string of the molecule is CC(=O)N(C)C1CN(C(C)C)C1.CC(C)=O.CC(C)N1CC(N(C)S(C)(=O)=O)C1.CNC1CN(C(C)C)C1.CS(C)(=O)=O. The molecule has 0 unspecified atom stereocenters. The van der Waals surface area contributed by atoms with Crippen LogP contribution in [0.3, 0.4) is 0 Å². The molecule has 43 heavy (non-hydrogen) atoms. The van der Waals surface area contributed by atoms with Crippen molar-refractivity contribution in [2.45, 2.75) is 98.6 Å². The van der Waals surface area contributed by atoms with Crippen molar-refractivity contribution in [3.05, 3.63) is 0 Å². The van der Waals surface area contributed by atoms with Gasteiger partial charge in [0, 0.05) is 103 Å². The van der Waals surface area contributed by atoms with Crippen molar-refractivity contribution in [1.82, 2.24) is 29.2 Å². The van der Waals surface area contributed by atoms with Gasteiger partial charge in [-0.05, 0) is 62.4 Å². The Labute approximate surface area is 264 Å². The lowest BCUT2D eigenvalue weighted by Gasteiger charge is -2.45. The molecule has 0 aromatic carbocycles. The van der Waals surface area contributed by atoms with Crippen LogP contribution in [0.15, 0.2) is 0 Å². The van der Waals surface area contributed by atoms with Crippen LogP contribution in [0.5, 0.6) is 0 Å². The number of hydrogen-bond donors (Lipinski definition) is 1. The number of carbonyl (C=O) groups excluding carboxylic acids is 2. The Morgan fingerprint density at radius 1 is 0.674 bits per heavy atom. The van der Waals surface area contributed by atoms with Gasteiger partial charge in [-0.15, -0.1) is 0 Å². The molecule has 14 heteroatoms. The van der Waals surface area contributed by atoms with E-state index >= 15 is 0 Å². The van der Waals surface area contributed by atoms with Gasteiger partial charge in [0.1, 0.15) is 15.6 Å². The molecule has 0 saturated carbocycles. The Balaban J connectivity index is 0. The molecule has 0 atom stereocenters. The zero-order valence-corrected chi connectivity index (χ0v) is 31.3. The number of rotatable bonds is 7. The molecule has 258 valence electrons. The molecule has 1 N–H and O–H groups in total. The molecule has 0 aromatic heterocycles. The molecule has 3 heterocycles. The second kappa shape index (κ2) is 20.1. The third-order valence-electron chi connectivity index (χ3n) is 7.37. The highest BCUT2D eigenvalue weighted by Gasteiger charge is 2.35. The first-order valence-electron chi connectivity index (χ1n) is 15.0. The summed E-state index contributed by atoms with van der Waals surface area (Å²) in [6.07, 6.45) is 3.57. The second-order valence-corrected chi connectivity index (χ2v) is 17.2. The van der Waals surface area contributed by atoms with E-state index in [1.807, 2.05) is 19.0 Å². The highest BCUT2D eigenvalue weighted by atomic mass is 32.2. The number of nitrogens with zero attached hydrogens (tertiary/aromatic N) is 5. The van der Waals surface area contributed by atoms with Crippen molar-refractivity contribution in [2.75, 3.05) is 79.2 Å². The smallest absolute Gasteiger partial charge is 0.219 e. The monoisotopic (exact) mass is 656 g/mol. The summed E-state index contributed by atoms with van der Waals surface area (Å²) in [4.78, 5) is 29.3. The van der Waals surface area contributed by atoms with E-state index in [1.54, 1.807) is 14.0 Å². The molecule has 0 bridgehead atoms. The minimum atomic E-state index is -3.01. The fourth-order valence-corrected chi connectivity index (χ4v) is 4.61. The predicted molar refractivity (Wildman–Crippen MR) is 179 cm³/mol. The standard InChI is InChI=1S/C9H18N2O.C8H18N2O2S.C7H16N2.C3H6O.C2H6O2S/c1-7(2)11-5-9(6-11)10(4)8(3)12;1-7(2)10-5-8(6-10)9(3)13(4,11)12;1-6(2)9-4-7(5-9)8-3;1-3(2)4;1-5(2,3)4/h7,9H,5-6H2,1-4H3;7-8H,5-6H2,1-4H3;6-8H,4-5H2,1-3H3;1-2H3;1-2H3. The third kappa shape index (κ3) is 20.5. The first-order chi connectivity index (χ1) is 19.3. The normalized spacial score (nSPS) is 18.5. The van der Waals surface area contributed by atoms with Gasteiger partial charge in [0.2, 0.25) is 15.9 Å². The number of ketones is 1. The Hall–Kier alpha value is -1.16. The first-order valence-corrected chi connectivity index (χ1v) is 19.1. The van der Waals surface area contributed by atoms with E-state index < -0.39 is 19.9 Å².